The van der Waals surface area contributed by atoms with Gasteiger partial charge in [0.1, 0.15) is 0 Å². The molecule has 0 saturated carbocycles. The van der Waals surface area contributed by atoms with E-state index in [9.17, 15) is 13.6 Å². The summed E-state index contributed by atoms with van der Waals surface area (Å²) >= 11 is 0. The van der Waals surface area contributed by atoms with E-state index >= 15 is 0 Å². The van der Waals surface area contributed by atoms with Crippen molar-refractivity contribution in [2.45, 2.75) is 6.92 Å². The van der Waals surface area contributed by atoms with Crippen LogP contribution in [-0.2, 0) is 9.53 Å². The average Bonchev–Trinajstić information content (AvgIpc) is 2.24. The normalized spacial score (nSPS) is 10.7. The Kier molecular flexibility index (Phi) is 3.55. The van der Waals surface area contributed by atoms with Gasteiger partial charge in [0, 0.05) is 6.08 Å². The molecule has 0 aliphatic heterocycles. The molecule has 0 bridgehead atoms. The Morgan fingerprint density at radius 1 is 1.40 bits per heavy atom. The van der Waals surface area contributed by atoms with Crippen LogP contribution in [0.2, 0.25) is 0 Å². The second-order valence-corrected chi connectivity index (χ2v) is 2.93. The minimum absolute atomic E-state index is 0.162. The number of methoxy groups -OCH3 is 1. The van der Waals surface area contributed by atoms with Crippen molar-refractivity contribution in [3.63, 3.8) is 0 Å². The first-order valence-corrected chi connectivity index (χ1v) is 4.27. The summed E-state index contributed by atoms with van der Waals surface area (Å²) in [7, 11) is 1.24. The molecule has 0 unspecified atom stereocenters. The van der Waals surface area contributed by atoms with Crippen molar-refractivity contribution in [1.29, 1.82) is 0 Å². The molecule has 0 radical (unpaired) electrons. The molecule has 4 heteroatoms. The van der Waals surface area contributed by atoms with E-state index in [1.54, 1.807) is 0 Å². The molecule has 0 spiro atoms. The van der Waals surface area contributed by atoms with Gasteiger partial charge in [0.15, 0.2) is 11.6 Å². The summed E-state index contributed by atoms with van der Waals surface area (Å²) in [4.78, 5) is 10.8. The minimum atomic E-state index is -0.901. The first-order valence-electron chi connectivity index (χ1n) is 4.27. The summed E-state index contributed by atoms with van der Waals surface area (Å²) in [6.45, 7) is 1.44. The van der Waals surface area contributed by atoms with Crippen LogP contribution in [0.4, 0.5) is 8.78 Å². The Morgan fingerprint density at radius 2 is 2.07 bits per heavy atom. The highest BCUT2D eigenvalue weighted by molar-refractivity contribution is 5.87. The number of benzene rings is 1. The maximum atomic E-state index is 13.1. The number of ether oxygens (including phenoxy) is 1. The fourth-order valence-electron chi connectivity index (χ4n) is 1.07. The van der Waals surface area contributed by atoms with Crippen molar-refractivity contribution >= 4 is 12.0 Å². The Balaban J connectivity index is 3.02. The quantitative estimate of drug-likeness (QED) is 0.556. The van der Waals surface area contributed by atoms with Gasteiger partial charge in [-0.3, -0.25) is 0 Å². The molecule has 0 aromatic heterocycles. The number of carbonyl (C=O) groups is 1. The molecule has 0 aliphatic carbocycles. The van der Waals surface area contributed by atoms with Gasteiger partial charge in [-0.15, -0.1) is 0 Å². The molecule has 0 fully saturated rings. The van der Waals surface area contributed by atoms with Crippen molar-refractivity contribution in [3.05, 3.63) is 41.0 Å². The number of rotatable bonds is 2. The fraction of sp³-hybridized carbons (Fsp3) is 0.182. The summed E-state index contributed by atoms with van der Waals surface area (Å²) in [6.07, 6.45) is 2.53. The lowest BCUT2D eigenvalue weighted by Gasteiger charge is -2.02. The van der Waals surface area contributed by atoms with E-state index < -0.39 is 17.6 Å². The largest absolute Gasteiger partial charge is 0.466 e. The van der Waals surface area contributed by atoms with Gasteiger partial charge in [-0.05, 0) is 30.2 Å². The fourth-order valence-corrected chi connectivity index (χ4v) is 1.07. The van der Waals surface area contributed by atoms with Gasteiger partial charge in [-0.1, -0.05) is 6.07 Å². The molecule has 0 aliphatic rings. The van der Waals surface area contributed by atoms with Crippen LogP contribution in [0, 0.1) is 18.6 Å². The maximum absolute atomic E-state index is 13.1. The molecule has 0 saturated heterocycles. The smallest absolute Gasteiger partial charge is 0.330 e. The SMILES string of the molecule is COC(=O)C=Cc1ccc(F)c(F)c1C. The monoisotopic (exact) mass is 212 g/mol. The zero-order valence-electron chi connectivity index (χ0n) is 8.38. The Bertz CT molecular complexity index is 411. The second kappa shape index (κ2) is 4.68. The van der Waals surface area contributed by atoms with Gasteiger partial charge in [0.2, 0.25) is 0 Å². The molecular weight excluding hydrogens is 202 g/mol. The molecule has 0 atom stereocenters. The molecule has 0 N–H and O–H groups in total. The summed E-state index contributed by atoms with van der Waals surface area (Å²) in [6, 6.07) is 2.41. The van der Waals surface area contributed by atoms with Crippen molar-refractivity contribution < 1.29 is 18.3 Å². The Hall–Kier alpha value is -1.71. The topological polar surface area (TPSA) is 26.3 Å². The molecule has 15 heavy (non-hydrogen) atoms. The lowest BCUT2D eigenvalue weighted by atomic mass is 10.1. The van der Waals surface area contributed by atoms with Crippen molar-refractivity contribution in [3.8, 4) is 0 Å². The first-order chi connectivity index (χ1) is 7.06. The highest BCUT2D eigenvalue weighted by atomic mass is 19.2. The zero-order chi connectivity index (χ0) is 11.4. The molecule has 0 heterocycles. The van der Waals surface area contributed by atoms with E-state index in [1.807, 2.05) is 0 Å². The van der Waals surface area contributed by atoms with Gasteiger partial charge in [0.25, 0.3) is 0 Å². The third-order valence-corrected chi connectivity index (χ3v) is 1.98. The molecule has 1 aromatic rings. The van der Waals surface area contributed by atoms with Crippen LogP contribution in [0.1, 0.15) is 11.1 Å². The number of esters is 1. The van der Waals surface area contributed by atoms with E-state index in [0.29, 0.717) is 5.56 Å². The standard InChI is InChI=1S/C11H10F2O2/c1-7-8(4-6-10(14)15-2)3-5-9(12)11(7)13/h3-6H,1-2H3. The zero-order valence-corrected chi connectivity index (χ0v) is 8.38. The second-order valence-electron chi connectivity index (χ2n) is 2.93. The average molecular weight is 212 g/mol. The molecule has 2 nitrogen and oxygen atoms in total. The van der Waals surface area contributed by atoms with E-state index in [1.165, 1.54) is 26.2 Å². The lowest BCUT2D eigenvalue weighted by Crippen LogP contribution is -1.95. The van der Waals surface area contributed by atoms with E-state index in [4.69, 9.17) is 0 Å². The Labute approximate surface area is 86.2 Å². The van der Waals surface area contributed by atoms with Crippen molar-refractivity contribution in [2.75, 3.05) is 7.11 Å². The van der Waals surface area contributed by atoms with Crippen LogP contribution >= 0.6 is 0 Å². The van der Waals surface area contributed by atoms with Crippen LogP contribution in [-0.4, -0.2) is 13.1 Å². The number of hydrogen-bond donors (Lipinski definition) is 0. The summed E-state index contributed by atoms with van der Waals surface area (Å²) < 4.78 is 30.2. The van der Waals surface area contributed by atoms with Crippen LogP contribution in [0.3, 0.4) is 0 Å². The lowest BCUT2D eigenvalue weighted by molar-refractivity contribution is -0.134. The van der Waals surface area contributed by atoms with E-state index in [-0.39, 0.29) is 5.56 Å². The summed E-state index contributed by atoms with van der Waals surface area (Å²) in [5.41, 5.74) is 0.606. The number of halogens is 2. The first kappa shape index (κ1) is 11.4. The van der Waals surface area contributed by atoms with Crippen molar-refractivity contribution in [2.24, 2.45) is 0 Å². The predicted octanol–water partition coefficient (Wildman–Crippen LogP) is 2.46. The number of carbonyl (C=O) groups excluding carboxylic acids is 1. The predicted molar refractivity (Wildman–Crippen MR) is 52.1 cm³/mol. The summed E-state index contributed by atoms with van der Waals surface area (Å²) in [5.74, 6) is -2.34. The van der Waals surface area contributed by atoms with Crippen LogP contribution < -0.4 is 0 Å². The third kappa shape index (κ3) is 2.62. The minimum Gasteiger partial charge on any atom is -0.466 e. The van der Waals surface area contributed by atoms with E-state index in [0.717, 1.165) is 12.1 Å². The van der Waals surface area contributed by atoms with Crippen LogP contribution in [0.5, 0.6) is 0 Å². The molecule has 80 valence electrons. The highest BCUT2D eigenvalue weighted by Crippen LogP contribution is 2.16. The molecular formula is C11H10F2O2. The molecule has 1 rings (SSSR count). The third-order valence-electron chi connectivity index (χ3n) is 1.98. The van der Waals surface area contributed by atoms with Gasteiger partial charge in [0.05, 0.1) is 7.11 Å². The van der Waals surface area contributed by atoms with Crippen molar-refractivity contribution in [1.82, 2.24) is 0 Å². The summed E-state index contributed by atoms with van der Waals surface area (Å²) in [5, 5.41) is 0. The number of hydrogen-bond acceptors (Lipinski definition) is 2. The van der Waals surface area contributed by atoms with Gasteiger partial charge in [-0.2, -0.15) is 0 Å². The van der Waals surface area contributed by atoms with Crippen LogP contribution in [0.15, 0.2) is 18.2 Å². The Morgan fingerprint density at radius 3 is 2.67 bits per heavy atom. The van der Waals surface area contributed by atoms with Gasteiger partial charge >= 0.3 is 5.97 Å². The van der Waals surface area contributed by atoms with Gasteiger partial charge < -0.3 is 4.74 Å². The maximum Gasteiger partial charge on any atom is 0.330 e. The van der Waals surface area contributed by atoms with Gasteiger partial charge in [-0.25, -0.2) is 13.6 Å². The molecule has 1 aromatic carbocycles. The van der Waals surface area contributed by atoms with E-state index in [2.05, 4.69) is 4.74 Å². The highest BCUT2D eigenvalue weighted by Gasteiger charge is 2.07. The molecule has 0 amide bonds. The van der Waals surface area contributed by atoms with Crippen LogP contribution in [0.25, 0.3) is 6.08 Å².